The van der Waals surface area contributed by atoms with Crippen molar-refractivity contribution in [2.45, 2.75) is 19.6 Å². The molecule has 2 aromatic carbocycles. The minimum atomic E-state index is 0.0440. The standard InChI is InChI=1S/C15H14O2/c16-8-11-5-6-12(9-17)15-13-4-2-1-3-10(13)7-14(11)15/h1-6,16-17H,7-9H2. The number of benzene rings is 2. The van der Waals surface area contributed by atoms with Gasteiger partial charge in [0.25, 0.3) is 0 Å². The zero-order chi connectivity index (χ0) is 11.8. The molecule has 2 aromatic rings. The van der Waals surface area contributed by atoms with Crippen molar-refractivity contribution < 1.29 is 10.2 Å². The molecule has 2 heteroatoms. The summed E-state index contributed by atoms with van der Waals surface area (Å²) in [6.45, 7) is 0.102. The van der Waals surface area contributed by atoms with Gasteiger partial charge < -0.3 is 10.2 Å². The van der Waals surface area contributed by atoms with Crippen LogP contribution in [0.15, 0.2) is 36.4 Å². The molecule has 0 radical (unpaired) electrons. The second-order valence-corrected chi connectivity index (χ2v) is 4.39. The lowest BCUT2D eigenvalue weighted by atomic mass is 9.96. The SMILES string of the molecule is OCc1ccc(CO)c2c1Cc1ccccc1-2. The molecule has 0 amide bonds. The predicted octanol–water partition coefficient (Wildman–Crippen LogP) is 2.24. The van der Waals surface area contributed by atoms with Crippen molar-refractivity contribution in [2.24, 2.45) is 0 Å². The summed E-state index contributed by atoms with van der Waals surface area (Å²) in [7, 11) is 0. The minimum absolute atomic E-state index is 0.0440. The van der Waals surface area contributed by atoms with Crippen LogP contribution in [-0.4, -0.2) is 10.2 Å². The molecule has 0 aromatic heterocycles. The van der Waals surface area contributed by atoms with Crippen molar-refractivity contribution in [3.8, 4) is 11.1 Å². The van der Waals surface area contributed by atoms with E-state index in [1.54, 1.807) is 0 Å². The van der Waals surface area contributed by atoms with Crippen LogP contribution in [0.2, 0.25) is 0 Å². The molecule has 3 rings (SSSR count). The van der Waals surface area contributed by atoms with Gasteiger partial charge in [-0.15, -0.1) is 0 Å². The molecular weight excluding hydrogens is 212 g/mol. The van der Waals surface area contributed by atoms with Gasteiger partial charge in [0, 0.05) is 0 Å². The quantitative estimate of drug-likeness (QED) is 0.703. The largest absolute Gasteiger partial charge is 0.392 e. The zero-order valence-electron chi connectivity index (χ0n) is 9.48. The molecule has 0 heterocycles. The van der Waals surface area contributed by atoms with Gasteiger partial charge in [0.1, 0.15) is 0 Å². The Hall–Kier alpha value is -1.64. The fourth-order valence-corrected chi connectivity index (χ4v) is 2.67. The highest BCUT2D eigenvalue weighted by Gasteiger charge is 2.22. The van der Waals surface area contributed by atoms with E-state index >= 15 is 0 Å². The third-order valence-corrected chi connectivity index (χ3v) is 3.49. The number of fused-ring (bicyclic) bond motifs is 3. The van der Waals surface area contributed by atoms with E-state index in [0.29, 0.717) is 0 Å². The smallest absolute Gasteiger partial charge is 0.0687 e. The maximum Gasteiger partial charge on any atom is 0.0687 e. The number of aliphatic hydroxyl groups excluding tert-OH is 2. The van der Waals surface area contributed by atoms with E-state index < -0.39 is 0 Å². The molecule has 86 valence electrons. The molecule has 1 aliphatic rings. The Balaban J connectivity index is 2.30. The summed E-state index contributed by atoms with van der Waals surface area (Å²) in [5.74, 6) is 0. The second kappa shape index (κ2) is 3.99. The maximum atomic E-state index is 9.43. The summed E-state index contributed by atoms with van der Waals surface area (Å²) in [6.07, 6.45) is 0.856. The fourth-order valence-electron chi connectivity index (χ4n) is 2.67. The van der Waals surface area contributed by atoms with Crippen LogP contribution >= 0.6 is 0 Å². The van der Waals surface area contributed by atoms with Crippen LogP contribution in [0.25, 0.3) is 11.1 Å². The lowest BCUT2D eigenvalue weighted by molar-refractivity contribution is 0.278. The van der Waals surface area contributed by atoms with Crippen molar-refractivity contribution in [1.82, 2.24) is 0 Å². The molecule has 2 N–H and O–H groups in total. The van der Waals surface area contributed by atoms with Crippen molar-refractivity contribution in [1.29, 1.82) is 0 Å². The van der Waals surface area contributed by atoms with Gasteiger partial charge in [-0.2, -0.15) is 0 Å². The summed E-state index contributed by atoms with van der Waals surface area (Å²) in [4.78, 5) is 0. The molecule has 0 aliphatic heterocycles. The molecule has 0 atom stereocenters. The van der Waals surface area contributed by atoms with E-state index in [1.807, 2.05) is 24.3 Å². The van der Waals surface area contributed by atoms with Crippen LogP contribution in [0.3, 0.4) is 0 Å². The number of aliphatic hydroxyl groups is 2. The first-order valence-corrected chi connectivity index (χ1v) is 5.78. The van der Waals surface area contributed by atoms with E-state index in [2.05, 4.69) is 12.1 Å². The molecule has 0 saturated carbocycles. The predicted molar refractivity (Wildman–Crippen MR) is 66.5 cm³/mol. The molecule has 2 nitrogen and oxygen atoms in total. The summed E-state index contributed by atoms with van der Waals surface area (Å²) >= 11 is 0. The fraction of sp³-hybridized carbons (Fsp3) is 0.200. The Kier molecular flexibility index (Phi) is 2.46. The molecular formula is C15H14O2. The second-order valence-electron chi connectivity index (χ2n) is 4.39. The van der Waals surface area contributed by atoms with Crippen LogP contribution in [-0.2, 0) is 19.6 Å². The summed E-state index contributed by atoms with van der Waals surface area (Å²) < 4.78 is 0. The van der Waals surface area contributed by atoms with Crippen molar-refractivity contribution in [3.63, 3.8) is 0 Å². The number of hydrogen-bond acceptors (Lipinski definition) is 2. The average molecular weight is 226 g/mol. The van der Waals surface area contributed by atoms with Gasteiger partial charge in [-0.1, -0.05) is 36.4 Å². The average Bonchev–Trinajstić information content (AvgIpc) is 2.77. The topological polar surface area (TPSA) is 40.5 Å². The first-order chi connectivity index (χ1) is 8.35. The molecule has 0 fully saturated rings. The van der Waals surface area contributed by atoms with Gasteiger partial charge in [0.2, 0.25) is 0 Å². The van der Waals surface area contributed by atoms with Crippen molar-refractivity contribution in [3.05, 3.63) is 58.7 Å². The van der Waals surface area contributed by atoms with E-state index in [9.17, 15) is 10.2 Å². The third-order valence-electron chi connectivity index (χ3n) is 3.49. The van der Waals surface area contributed by atoms with Gasteiger partial charge in [-0.05, 0) is 39.8 Å². The molecule has 1 aliphatic carbocycles. The van der Waals surface area contributed by atoms with Crippen molar-refractivity contribution >= 4 is 0 Å². The van der Waals surface area contributed by atoms with E-state index in [4.69, 9.17) is 0 Å². The van der Waals surface area contributed by atoms with Gasteiger partial charge >= 0.3 is 0 Å². The lowest BCUT2D eigenvalue weighted by Gasteiger charge is -2.10. The highest BCUT2D eigenvalue weighted by atomic mass is 16.3. The molecule has 0 saturated heterocycles. The first kappa shape index (κ1) is 10.5. The van der Waals surface area contributed by atoms with Crippen LogP contribution < -0.4 is 0 Å². The summed E-state index contributed by atoms with van der Waals surface area (Å²) in [6, 6.07) is 12.1. The Morgan fingerprint density at radius 1 is 0.882 bits per heavy atom. The normalized spacial score (nSPS) is 12.4. The number of hydrogen-bond donors (Lipinski definition) is 2. The van der Waals surface area contributed by atoms with Gasteiger partial charge in [0.15, 0.2) is 0 Å². The minimum Gasteiger partial charge on any atom is -0.392 e. The molecule has 0 bridgehead atoms. The van der Waals surface area contributed by atoms with Crippen LogP contribution in [0.5, 0.6) is 0 Å². The summed E-state index contributed by atoms with van der Waals surface area (Å²) in [5.41, 5.74) is 6.67. The Morgan fingerprint density at radius 3 is 2.35 bits per heavy atom. The van der Waals surface area contributed by atoms with Gasteiger partial charge in [0.05, 0.1) is 13.2 Å². The first-order valence-electron chi connectivity index (χ1n) is 5.78. The van der Waals surface area contributed by atoms with E-state index in [-0.39, 0.29) is 13.2 Å². The zero-order valence-corrected chi connectivity index (χ0v) is 9.48. The lowest BCUT2D eigenvalue weighted by Crippen LogP contribution is -1.96. The summed E-state index contributed by atoms with van der Waals surface area (Å²) in [5, 5.41) is 18.8. The highest BCUT2D eigenvalue weighted by Crippen LogP contribution is 2.40. The molecule has 17 heavy (non-hydrogen) atoms. The van der Waals surface area contributed by atoms with Crippen LogP contribution in [0, 0.1) is 0 Å². The Morgan fingerprint density at radius 2 is 1.59 bits per heavy atom. The third kappa shape index (κ3) is 1.49. The molecule has 0 unspecified atom stereocenters. The Labute approximate surface area is 100 Å². The van der Waals surface area contributed by atoms with Gasteiger partial charge in [-0.3, -0.25) is 0 Å². The Bertz CT molecular complexity index is 573. The van der Waals surface area contributed by atoms with E-state index in [0.717, 1.165) is 23.1 Å². The highest BCUT2D eigenvalue weighted by molar-refractivity contribution is 5.80. The molecule has 0 spiro atoms. The van der Waals surface area contributed by atoms with Crippen LogP contribution in [0.1, 0.15) is 22.3 Å². The number of rotatable bonds is 2. The maximum absolute atomic E-state index is 9.43. The van der Waals surface area contributed by atoms with Crippen LogP contribution in [0.4, 0.5) is 0 Å². The van der Waals surface area contributed by atoms with Crippen molar-refractivity contribution in [2.75, 3.05) is 0 Å². The monoisotopic (exact) mass is 226 g/mol. The van der Waals surface area contributed by atoms with Gasteiger partial charge in [-0.25, -0.2) is 0 Å². The van der Waals surface area contributed by atoms with E-state index in [1.165, 1.54) is 16.7 Å².